The van der Waals surface area contributed by atoms with Crippen molar-refractivity contribution in [3.63, 3.8) is 0 Å². The molecule has 1 spiro atoms. The van der Waals surface area contributed by atoms with Crippen LogP contribution in [0.4, 0.5) is 0 Å². The number of aliphatic hydroxyl groups is 1. The zero-order valence-electron chi connectivity index (χ0n) is 21.9. The summed E-state index contributed by atoms with van der Waals surface area (Å²) in [5.41, 5.74) is -1.75. The van der Waals surface area contributed by atoms with E-state index in [-0.39, 0.29) is 30.4 Å². The number of amides is 3. The molecule has 0 aromatic rings. The molecule has 3 heterocycles. The summed E-state index contributed by atoms with van der Waals surface area (Å²) in [6.45, 7) is 14.7. The molecule has 35 heavy (non-hydrogen) atoms. The molecule has 1 N–H and O–H groups in total. The van der Waals surface area contributed by atoms with Crippen LogP contribution < -0.4 is 0 Å². The molecule has 8 nitrogen and oxygen atoms in total. The highest BCUT2D eigenvalue weighted by atomic mass is 16.5. The third kappa shape index (κ3) is 4.44. The number of nitrogens with zero attached hydrogens (tertiary/aromatic N) is 3. The fourth-order valence-electron chi connectivity index (χ4n) is 6.56. The monoisotopic (exact) mass is 489 g/mol. The van der Waals surface area contributed by atoms with Crippen LogP contribution in [0.3, 0.4) is 0 Å². The summed E-state index contributed by atoms with van der Waals surface area (Å²) in [7, 11) is 1.73. The molecule has 3 rings (SSSR count). The first-order valence-electron chi connectivity index (χ1n) is 13.0. The van der Waals surface area contributed by atoms with Crippen LogP contribution in [0.5, 0.6) is 0 Å². The Bertz CT molecular complexity index is 845. The van der Waals surface area contributed by atoms with Crippen molar-refractivity contribution in [1.82, 2.24) is 14.7 Å². The van der Waals surface area contributed by atoms with Gasteiger partial charge in [0.2, 0.25) is 17.7 Å². The molecule has 0 aromatic carbocycles. The minimum absolute atomic E-state index is 0.0721. The van der Waals surface area contributed by atoms with Gasteiger partial charge < -0.3 is 24.5 Å². The summed E-state index contributed by atoms with van der Waals surface area (Å²) < 4.78 is 6.80. The third-order valence-corrected chi connectivity index (χ3v) is 8.25. The van der Waals surface area contributed by atoms with Gasteiger partial charge in [-0.05, 0) is 52.4 Å². The number of hydrogen-bond acceptors (Lipinski definition) is 5. The molecular formula is C27H43N3O5. The molecule has 3 aliphatic rings. The van der Waals surface area contributed by atoms with Gasteiger partial charge in [-0.3, -0.25) is 14.4 Å². The molecule has 2 bridgehead atoms. The van der Waals surface area contributed by atoms with Gasteiger partial charge >= 0.3 is 0 Å². The van der Waals surface area contributed by atoms with Gasteiger partial charge in [0.15, 0.2) is 0 Å². The van der Waals surface area contributed by atoms with Gasteiger partial charge in [0.05, 0.1) is 17.4 Å². The van der Waals surface area contributed by atoms with Crippen LogP contribution in [0.1, 0.15) is 59.3 Å². The van der Waals surface area contributed by atoms with E-state index >= 15 is 0 Å². The molecule has 196 valence electrons. The summed E-state index contributed by atoms with van der Waals surface area (Å²) in [6, 6.07) is -0.843. The van der Waals surface area contributed by atoms with E-state index in [4.69, 9.17) is 4.74 Å². The van der Waals surface area contributed by atoms with Crippen molar-refractivity contribution in [1.29, 1.82) is 0 Å². The van der Waals surface area contributed by atoms with Crippen LogP contribution in [0.2, 0.25) is 0 Å². The normalized spacial score (nSPS) is 31.1. The number of hydrogen-bond donors (Lipinski definition) is 1. The number of rotatable bonds is 13. The molecule has 0 aliphatic carbocycles. The third-order valence-electron chi connectivity index (χ3n) is 8.25. The maximum atomic E-state index is 14.1. The Hall–Kier alpha value is -2.19. The van der Waals surface area contributed by atoms with E-state index in [9.17, 15) is 19.5 Å². The SMILES string of the molecule is C=CCN(C)C(=O)[C@@H]1[C@H]2C(=O)N(CCCCCO)C(C(=O)N(CC=C)C(C)C)C23CC[C@@]1(CC)O3. The predicted molar refractivity (Wildman–Crippen MR) is 134 cm³/mol. The molecule has 0 saturated carbocycles. The Morgan fingerprint density at radius 3 is 2.43 bits per heavy atom. The standard InChI is InChI=1S/C27H43N3O5/c1-7-15-28(6)23(32)20-21-24(33)30(17-11-10-12-18-31)22(25(34)29(16-8-2)19(4)5)27(21)14-13-26(20,9-3)35-27/h7-8,19-22,31H,1-2,9-18H2,3-6H3/t20-,21-,22?,26+,27?/m0/s1. The van der Waals surface area contributed by atoms with E-state index in [1.165, 1.54) is 0 Å². The average molecular weight is 490 g/mol. The van der Waals surface area contributed by atoms with Crippen LogP contribution in [-0.2, 0) is 19.1 Å². The van der Waals surface area contributed by atoms with Gasteiger partial charge in [-0.1, -0.05) is 19.1 Å². The Balaban J connectivity index is 2.07. The van der Waals surface area contributed by atoms with Gasteiger partial charge in [0.25, 0.3) is 0 Å². The van der Waals surface area contributed by atoms with Crippen LogP contribution in [-0.4, -0.2) is 94.1 Å². The van der Waals surface area contributed by atoms with Crippen LogP contribution in [0.15, 0.2) is 25.3 Å². The summed E-state index contributed by atoms with van der Waals surface area (Å²) in [5.74, 6) is -1.72. The second-order valence-electron chi connectivity index (χ2n) is 10.5. The number of carbonyl (C=O) groups excluding carboxylic acids is 3. The molecule has 5 atom stereocenters. The van der Waals surface area contributed by atoms with Gasteiger partial charge in [0.1, 0.15) is 11.6 Å². The van der Waals surface area contributed by atoms with Crippen LogP contribution in [0, 0.1) is 11.8 Å². The van der Waals surface area contributed by atoms with Crippen molar-refractivity contribution in [2.75, 3.05) is 33.3 Å². The van der Waals surface area contributed by atoms with Gasteiger partial charge in [-0.2, -0.15) is 0 Å². The van der Waals surface area contributed by atoms with Crippen LogP contribution >= 0.6 is 0 Å². The minimum Gasteiger partial charge on any atom is -0.396 e. The first-order chi connectivity index (χ1) is 16.7. The summed E-state index contributed by atoms with van der Waals surface area (Å²) >= 11 is 0. The average Bonchev–Trinajstić information content (AvgIpc) is 3.43. The van der Waals surface area contributed by atoms with Crippen molar-refractivity contribution >= 4 is 17.7 Å². The Morgan fingerprint density at radius 1 is 1.17 bits per heavy atom. The molecule has 3 saturated heterocycles. The van der Waals surface area contributed by atoms with E-state index in [1.807, 2.05) is 20.8 Å². The van der Waals surface area contributed by atoms with E-state index < -0.39 is 29.1 Å². The molecule has 0 radical (unpaired) electrons. The number of unbranched alkanes of at least 4 members (excludes halogenated alkanes) is 2. The lowest BCUT2D eigenvalue weighted by Crippen LogP contribution is -2.57. The number of likely N-dealkylation sites (N-methyl/N-ethyl adjacent to an activating group) is 1. The molecule has 0 aromatic heterocycles. The van der Waals surface area contributed by atoms with Crippen molar-refractivity contribution in [3.8, 4) is 0 Å². The topological polar surface area (TPSA) is 90.4 Å². The maximum absolute atomic E-state index is 14.1. The summed E-state index contributed by atoms with van der Waals surface area (Å²) in [5, 5.41) is 9.19. The zero-order chi connectivity index (χ0) is 26.0. The number of aliphatic hydroxyl groups excluding tert-OH is 1. The smallest absolute Gasteiger partial charge is 0.248 e. The largest absolute Gasteiger partial charge is 0.396 e. The number of fused-ring (bicyclic) bond motifs is 1. The Labute approximate surface area is 210 Å². The quantitative estimate of drug-likeness (QED) is 0.317. The van der Waals surface area contributed by atoms with E-state index in [0.29, 0.717) is 51.7 Å². The van der Waals surface area contributed by atoms with Crippen LogP contribution in [0.25, 0.3) is 0 Å². The Morgan fingerprint density at radius 2 is 1.86 bits per heavy atom. The van der Waals surface area contributed by atoms with Crippen molar-refractivity contribution < 1.29 is 24.2 Å². The summed E-state index contributed by atoms with van der Waals surface area (Å²) in [6.07, 6.45) is 7.28. The molecule has 3 fully saturated rings. The van der Waals surface area contributed by atoms with Crippen molar-refractivity contribution in [2.24, 2.45) is 11.8 Å². The fourth-order valence-corrected chi connectivity index (χ4v) is 6.56. The highest BCUT2D eigenvalue weighted by Crippen LogP contribution is 2.64. The van der Waals surface area contributed by atoms with Gasteiger partial charge in [0, 0.05) is 39.3 Å². The number of ether oxygens (including phenoxy) is 1. The first kappa shape index (κ1) is 27.4. The molecule has 3 aliphatic heterocycles. The highest BCUT2D eigenvalue weighted by molar-refractivity contribution is 5.99. The van der Waals surface area contributed by atoms with Gasteiger partial charge in [-0.15, -0.1) is 13.2 Å². The molecular weight excluding hydrogens is 446 g/mol. The lowest BCUT2D eigenvalue weighted by Gasteiger charge is -2.38. The Kier molecular flexibility index (Phi) is 8.48. The van der Waals surface area contributed by atoms with E-state index in [2.05, 4.69) is 13.2 Å². The first-order valence-corrected chi connectivity index (χ1v) is 13.0. The van der Waals surface area contributed by atoms with Crippen molar-refractivity contribution in [3.05, 3.63) is 25.3 Å². The lowest BCUT2D eigenvalue weighted by atomic mass is 9.64. The van der Waals surface area contributed by atoms with Crippen molar-refractivity contribution in [2.45, 2.75) is 82.6 Å². The van der Waals surface area contributed by atoms with E-state index in [1.54, 1.807) is 33.9 Å². The predicted octanol–water partition coefficient (Wildman–Crippen LogP) is 2.37. The minimum atomic E-state index is -1.01. The number of likely N-dealkylation sites (tertiary alicyclic amines) is 1. The summed E-state index contributed by atoms with van der Waals surface area (Å²) in [4.78, 5) is 46.9. The number of carbonyl (C=O) groups is 3. The fraction of sp³-hybridized carbons (Fsp3) is 0.741. The highest BCUT2D eigenvalue weighted by Gasteiger charge is 2.78. The lowest BCUT2D eigenvalue weighted by molar-refractivity contribution is -0.155. The maximum Gasteiger partial charge on any atom is 0.248 e. The molecule has 8 heteroatoms. The molecule has 3 amide bonds. The second-order valence-corrected chi connectivity index (χ2v) is 10.5. The molecule has 2 unspecified atom stereocenters. The zero-order valence-corrected chi connectivity index (χ0v) is 21.9. The van der Waals surface area contributed by atoms with E-state index in [0.717, 1.165) is 6.42 Å². The second kappa shape index (κ2) is 10.8. The van der Waals surface area contributed by atoms with Gasteiger partial charge in [-0.25, -0.2) is 0 Å².